The molecule has 4 aromatic rings. The molecule has 36 heavy (non-hydrogen) atoms. The van der Waals surface area contributed by atoms with E-state index in [1.54, 1.807) is 12.1 Å². The zero-order chi connectivity index (χ0) is 25.6. The summed E-state index contributed by atoms with van der Waals surface area (Å²) in [6.07, 6.45) is -1.42. The number of benzene rings is 1. The number of halogens is 4. The lowest BCUT2D eigenvalue weighted by atomic mass is 10.1. The molecule has 1 N–H and O–H groups in total. The Balaban J connectivity index is 1.51. The highest BCUT2D eigenvalue weighted by Gasteiger charge is 2.29. The van der Waals surface area contributed by atoms with Crippen LogP contribution in [-0.2, 0) is 6.54 Å². The van der Waals surface area contributed by atoms with Gasteiger partial charge in [-0.25, -0.2) is 14.0 Å². The Bertz CT molecular complexity index is 1500. The molecule has 1 atom stereocenters. The number of amides is 1. The molecule has 5 rings (SSSR count). The Hall–Kier alpha value is -3.68. The molecule has 1 aliphatic heterocycles. The second kappa shape index (κ2) is 9.41. The Morgan fingerprint density at radius 3 is 2.72 bits per heavy atom. The topological polar surface area (TPSA) is 119 Å². The number of piperidine rings is 1. The predicted molar refractivity (Wildman–Crippen MR) is 123 cm³/mol. The average Bonchev–Trinajstić information content (AvgIpc) is 3.44. The molecule has 1 saturated heterocycles. The third kappa shape index (κ3) is 4.36. The summed E-state index contributed by atoms with van der Waals surface area (Å²) in [6, 6.07) is 5.45. The van der Waals surface area contributed by atoms with Crippen molar-refractivity contribution < 1.29 is 27.5 Å². The van der Waals surface area contributed by atoms with E-state index in [-0.39, 0.29) is 23.5 Å². The summed E-state index contributed by atoms with van der Waals surface area (Å²) in [7, 11) is 0. The monoisotopic (exact) mass is 566 g/mol. The van der Waals surface area contributed by atoms with Crippen molar-refractivity contribution in [2.75, 3.05) is 13.1 Å². The quantitative estimate of drug-likeness (QED) is 0.379. The standard InChI is InChI=1S/C22H18BrF3N6O4/c23-14-6-17-16(7-15(14)24)31(21(33)32(17)13-2-1-5-30(10-13)22(34)35)9-12-4-3-11(8-27-12)19-28-29-20(36-19)18(25)26/h3-4,6-8,13,18H,1-2,5,9-10H2,(H,34,35). The molecule has 1 aliphatic rings. The zero-order valence-electron chi connectivity index (χ0n) is 18.4. The normalized spacial score (nSPS) is 16.2. The first-order chi connectivity index (χ1) is 17.2. The Labute approximate surface area is 209 Å². The van der Waals surface area contributed by atoms with E-state index in [0.717, 1.165) is 0 Å². The summed E-state index contributed by atoms with van der Waals surface area (Å²) in [4.78, 5) is 30.6. The van der Waals surface area contributed by atoms with Gasteiger partial charge in [0, 0.05) is 25.4 Å². The second-order valence-corrected chi connectivity index (χ2v) is 9.16. The number of alkyl halides is 2. The van der Waals surface area contributed by atoms with Crippen LogP contribution >= 0.6 is 15.9 Å². The molecule has 4 heterocycles. The summed E-state index contributed by atoms with van der Waals surface area (Å²) in [5.74, 6) is -1.48. The third-order valence-electron chi connectivity index (χ3n) is 6.06. The SMILES string of the molecule is O=C(O)N1CCCC(n2c(=O)n(Cc3ccc(-c4nnc(C(F)F)o4)cn3)c3cc(F)c(Br)cc32)C1. The molecule has 0 radical (unpaired) electrons. The first-order valence-corrected chi connectivity index (χ1v) is 11.7. The van der Waals surface area contributed by atoms with E-state index in [1.807, 2.05) is 0 Å². The molecule has 188 valence electrons. The maximum atomic E-state index is 14.5. The zero-order valence-corrected chi connectivity index (χ0v) is 20.0. The van der Waals surface area contributed by atoms with Crippen LogP contribution in [0.1, 0.15) is 36.9 Å². The van der Waals surface area contributed by atoms with Crippen LogP contribution < -0.4 is 5.69 Å². The van der Waals surface area contributed by atoms with Crippen LogP contribution in [0.3, 0.4) is 0 Å². The first kappa shape index (κ1) is 24.0. The van der Waals surface area contributed by atoms with Gasteiger partial charge in [-0.2, -0.15) is 8.78 Å². The Kier molecular flexibility index (Phi) is 6.28. The van der Waals surface area contributed by atoms with Crippen LogP contribution in [0.4, 0.5) is 18.0 Å². The molecule has 1 fully saturated rings. The minimum absolute atomic E-state index is 0.00876. The van der Waals surface area contributed by atoms with Gasteiger partial charge in [0.25, 0.3) is 5.89 Å². The van der Waals surface area contributed by atoms with E-state index in [9.17, 15) is 27.9 Å². The van der Waals surface area contributed by atoms with Crippen LogP contribution in [0.25, 0.3) is 22.5 Å². The van der Waals surface area contributed by atoms with Gasteiger partial charge in [0.05, 0.1) is 39.4 Å². The van der Waals surface area contributed by atoms with Crippen LogP contribution in [-0.4, -0.2) is 53.5 Å². The van der Waals surface area contributed by atoms with E-state index in [0.29, 0.717) is 41.7 Å². The van der Waals surface area contributed by atoms with Crippen molar-refractivity contribution in [1.82, 2.24) is 29.2 Å². The number of aromatic nitrogens is 5. The van der Waals surface area contributed by atoms with Crippen molar-refractivity contribution in [2.45, 2.75) is 31.9 Å². The third-order valence-corrected chi connectivity index (χ3v) is 6.66. The van der Waals surface area contributed by atoms with Crippen LogP contribution in [0.5, 0.6) is 0 Å². The molecule has 3 aromatic heterocycles. The highest BCUT2D eigenvalue weighted by Crippen LogP contribution is 2.29. The van der Waals surface area contributed by atoms with Gasteiger partial charge in [0.15, 0.2) is 0 Å². The number of pyridine rings is 1. The van der Waals surface area contributed by atoms with Gasteiger partial charge in [-0.1, -0.05) is 0 Å². The fourth-order valence-corrected chi connectivity index (χ4v) is 4.69. The van der Waals surface area contributed by atoms with E-state index in [4.69, 9.17) is 4.42 Å². The number of carboxylic acid groups (broad SMARTS) is 1. The fraction of sp³-hybridized carbons (Fsp3) is 0.318. The van der Waals surface area contributed by atoms with Crippen LogP contribution in [0.2, 0.25) is 0 Å². The largest absolute Gasteiger partial charge is 0.465 e. The number of hydrogen-bond donors (Lipinski definition) is 1. The number of likely N-dealkylation sites (tertiary alicyclic amines) is 1. The number of hydrogen-bond acceptors (Lipinski definition) is 6. The van der Waals surface area contributed by atoms with Gasteiger partial charge in [0.2, 0.25) is 5.89 Å². The Morgan fingerprint density at radius 1 is 1.25 bits per heavy atom. The van der Waals surface area contributed by atoms with Crippen LogP contribution in [0.15, 0.2) is 44.1 Å². The Morgan fingerprint density at radius 2 is 2.06 bits per heavy atom. The van der Waals surface area contributed by atoms with E-state index in [1.165, 1.54) is 32.4 Å². The maximum absolute atomic E-state index is 14.5. The van der Waals surface area contributed by atoms with E-state index < -0.39 is 36.0 Å². The molecule has 0 aliphatic carbocycles. The number of fused-ring (bicyclic) bond motifs is 1. The number of carbonyl (C=O) groups is 1. The fourth-order valence-electron chi connectivity index (χ4n) is 4.36. The molecule has 0 spiro atoms. The molecule has 0 bridgehead atoms. The lowest BCUT2D eigenvalue weighted by molar-refractivity contribution is 0.116. The van der Waals surface area contributed by atoms with Gasteiger partial charge in [-0.15, -0.1) is 10.2 Å². The minimum atomic E-state index is -2.89. The molecular formula is C22H18BrF3N6O4. The van der Waals surface area contributed by atoms with Gasteiger partial charge in [0.1, 0.15) is 5.82 Å². The van der Waals surface area contributed by atoms with Gasteiger partial charge >= 0.3 is 18.2 Å². The molecule has 1 amide bonds. The lowest BCUT2D eigenvalue weighted by Gasteiger charge is -2.31. The predicted octanol–water partition coefficient (Wildman–Crippen LogP) is 4.45. The number of imidazole rings is 1. The first-order valence-electron chi connectivity index (χ1n) is 10.9. The molecule has 14 heteroatoms. The molecule has 10 nitrogen and oxygen atoms in total. The molecular weight excluding hydrogens is 549 g/mol. The maximum Gasteiger partial charge on any atom is 0.407 e. The van der Waals surface area contributed by atoms with Gasteiger partial charge in [-0.3, -0.25) is 14.1 Å². The summed E-state index contributed by atoms with van der Waals surface area (Å²) in [6.45, 7) is 0.513. The number of nitrogens with zero attached hydrogens (tertiary/aromatic N) is 6. The summed E-state index contributed by atoms with van der Waals surface area (Å²) in [5, 5.41) is 16.3. The highest BCUT2D eigenvalue weighted by atomic mass is 79.9. The van der Waals surface area contributed by atoms with Crippen molar-refractivity contribution in [3.63, 3.8) is 0 Å². The van der Waals surface area contributed by atoms with E-state index >= 15 is 0 Å². The molecule has 0 saturated carbocycles. The number of rotatable bonds is 5. The van der Waals surface area contributed by atoms with E-state index in [2.05, 4.69) is 31.1 Å². The van der Waals surface area contributed by atoms with Crippen molar-refractivity contribution in [3.05, 3.63) is 62.8 Å². The lowest BCUT2D eigenvalue weighted by Crippen LogP contribution is -2.42. The van der Waals surface area contributed by atoms with Gasteiger partial charge < -0.3 is 14.4 Å². The summed E-state index contributed by atoms with van der Waals surface area (Å²) < 4.78 is 47.9. The molecule has 1 unspecified atom stereocenters. The minimum Gasteiger partial charge on any atom is -0.465 e. The van der Waals surface area contributed by atoms with Crippen molar-refractivity contribution in [2.24, 2.45) is 0 Å². The average molecular weight is 567 g/mol. The van der Waals surface area contributed by atoms with Crippen LogP contribution in [0, 0.1) is 5.82 Å². The highest BCUT2D eigenvalue weighted by molar-refractivity contribution is 9.10. The van der Waals surface area contributed by atoms with Gasteiger partial charge in [-0.05, 0) is 47.0 Å². The van der Waals surface area contributed by atoms with Crippen molar-refractivity contribution >= 4 is 33.1 Å². The summed E-state index contributed by atoms with van der Waals surface area (Å²) in [5.41, 5.74) is 1.13. The molecule has 1 aromatic carbocycles. The smallest absolute Gasteiger partial charge is 0.407 e. The summed E-state index contributed by atoms with van der Waals surface area (Å²) >= 11 is 3.17. The van der Waals surface area contributed by atoms with Crippen molar-refractivity contribution in [1.29, 1.82) is 0 Å². The second-order valence-electron chi connectivity index (χ2n) is 8.30. The van der Waals surface area contributed by atoms with Crippen molar-refractivity contribution in [3.8, 4) is 11.5 Å².